The van der Waals surface area contributed by atoms with E-state index in [9.17, 15) is 19.7 Å². The van der Waals surface area contributed by atoms with Crippen molar-refractivity contribution in [1.82, 2.24) is 5.01 Å². The van der Waals surface area contributed by atoms with Crippen molar-refractivity contribution in [3.63, 3.8) is 0 Å². The molecule has 4 rings (SSSR count). The molecule has 1 N–H and O–H groups in total. The van der Waals surface area contributed by atoms with Crippen molar-refractivity contribution in [3.8, 4) is 0 Å². The predicted molar refractivity (Wildman–Crippen MR) is 126 cm³/mol. The summed E-state index contributed by atoms with van der Waals surface area (Å²) < 4.78 is 0. The van der Waals surface area contributed by atoms with Crippen LogP contribution >= 0.6 is 11.8 Å². The number of carboxylic acid groups (broad SMARTS) is 1. The maximum absolute atomic E-state index is 12.3. The van der Waals surface area contributed by atoms with Gasteiger partial charge in [0, 0.05) is 38.3 Å². The number of non-ortho nitro benzene ring substituents is 1. The Morgan fingerprint density at radius 2 is 1.88 bits per heavy atom. The minimum Gasteiger partial charge on any atom is -0.481 e. The van der Waals surface area contributed by atoms with Gasteiger partial charge in [0.1, 0.15) is 5.25 Å². The number of carbonyl (C=O) groups is 2. The van der Waals surface area contributed by atoms with Crippen molar-refractivity contribution < 1.29 is 19.6 Å². The summed E-state index contributed by atoms with van der Waals surface area (Å²) in [6.07, 6.45) is 0.182. The van der Waals surface area contributed by atoms with E-state index in [1.807, 2.05) is 43.3 Å². The molecule has 2 aliphatic heterocycles. The quantitative estimate of drug-likeness (QED) is 0.506. The number of rotatable bonds is 6. The van der Waals surface area contributed by atoms with Crippen molar-refractivity contribution in [2.45, 2.75) is 24.1 Å². The highest BCUT2D eigenvalue weighted by atomic mass is 32.2. The molecule has 0 saturated heterocycles. The van der Waals surface area contributed by atoms with Crippen LogP contribution in [0.3, 0.4) is 0 Å². The van der Waals surface area contributed by atoms with Crippen LogP contribution in [-0.2, 0) is 9.59 Å². The molecule has 170 valence electrons. The van der Waals surface area contributed by atoms with Gasteiger partial charge >= 0.3 is 5.97 Å². The molecule has 10 nitrogen and oxygen atoms in total. The van der Waals surface area contributed by atoms with Gasteiger partial charge in [-0.25, -0.2) is 5.01 Å². The van der Waals surface area contributed by atoms with Crippen molar-refractivity contribution >= 4 is 45.9 Å². The summed E-state index contributed by atoms with van der Waals surface area (Å²) in [4.78, 5) is 40.0. The summed E-state index contributed by atoms with van der Waals surface area (Å²) >= 11 is 1.10. The molecule has 0 radical (unpaired) electrons. The van der Waals surface area contributed by atoms with Crippen LogP contribution in [-0.4, -0.2) is 57.1 Å². The predicted octanol–water partition coefficient (Wildman–Crippen LogP) is 3.28. The Labute approximate surface area is 193 Å². The number of amides is 1. The number of nitro benzene ring substituents is 1. The van der Waals surface area contributed by atoms with Crippen LogP contribution in [0.25, 0.3) is 0 Å². The molecule has 33 heavy (non-hydrogen) atoms. The van der Waals surface area contributed by atoms with Crippen LogP contribution in [0, 0.1) is 10.1 Å². The van der Waals surface area contributed by atoms with E-state index in [1.165, 1.54) is 12.1 Å². The third-order valence-electron chi connectivity index (χ3n) is 5.40. The second kappa shape index (κ2) is 9.02. The molecule has 2 aliphatic rings. The number of anilines is 1. The van der Waals surface area contributed by atoms with Crippen LogP contribution in [0.1, 0.15) is 30.0 Å². The van der Waals surface area contributed by atoms with Gasteiger partial charge in [-0.15, -0.1) is 0 Å². The SMILES string of the molecule is CN(C)c1ccc(C2CC(c3ccc([N+](=O)[O-])cc3)=NN2C2=NC(=O)C(CC(=O)O)S2)cc1. The van der Waals surface area contributed by atoms with Gasteiger partial charge in [-0.3, -0.25) is 19.7 Å². The fourth-order valence-electron chi connectivity index (χ4n) is 3.65. The van der Waals surface area contributed by atoms with E-state index in [0.717, 1.165) is 28.6 Å². The zero-order chi connectivity index (χ0) is 23.7. The van der Waals surface area contributed by atoms with Crippen molar-refractivity contribution in [2.24, 2.45) is 10.1 Å². The molecule has 2 aromatic rings. The summed E-state index contributed by atoms with van der Waals surface area (Å²) in [7, 11) is 3.90. The number of benzene rings is 2. The first kappa shape index (κ1) is 22.5. The molecular formula is C22H21N5O5S. The number of nitro groups is 1. The highest BCUT2D eigenvalue weighted by Crippen LogP contribution is 2.39. The Balaban J connectivity index is 1.66. The molecule has 2 atom stereocenters. The summed E-state index contributed by atoms with van der Waals surface area (Å²) in [5.41, 5.74) is 3.41. The Hall–Kier alpha value is -3.73. The number of hydrogen-bond donors (Lipinski definition) is 1. The number of carboxylic acids is 1. The second-order valence-electron chi connectivity index (χ2n) is 7.84. The van der Waals surface area contributed by atoms with E-state index in [2.05, 4.69) is 4.99 Å². The Morgan fingerprint density at radius 1 is 1.21 bits per heavy atom. The van der Waals surface area contributed by atoms with Crippen LogP contribution in [0.5, 0.6) is 0 Å². The normalized spacial score (nSPS) is 19.9. The molecule has 0 aromatic heterocycles. The number of hydrazone groups is 1. The van der Waals surface area contributed by atoms with Gasteiger partial charge < -0.3 is 10.0 Å². The Kier molecular flexibility index (Phi) is 6.14. The van der Waals surface area contributed by atoms with Gasteiger partial charge in [-0.05, 0) is 35.4 Å². The summed E-state index contributed by atoms with van der Waals surface area (Å²) in [5, 5.41) is 26.0. The molecule has 0 aliphatic carbocycles. The molecule has 0 saturated carbocycles. The van der Waals surface area contributed by atoms with Gasteiger partial charge in [0.05, 0.1) is 23.1 Å². The summed E-state index contributed by atoms with van der Waals surface area (Å²) in [6.45, 7) is 0. The minimum absolute atomic E-state index is 0.0112. The summed E-state index contributed by atoms with van der Waals surface area (Å²) in [5.74, 6) is -1.55. The third-order valence-corrected chi connectivity index (χ3v) is 6.54. The molecule has 11 heteroatoms. The third kappa shape index (κ3) is 4.72. The monoisotopic (exact) mass is 467 g/mol. The number of hydrogen-bond acceptors (Lipinski definition) is 8. The first-order chi connectivity index (χ1) is 15.7. The van der Waals surface area contributed by atoms with Gasteiger partial charge in [-0.1, -0.05) is 23.9 Å². The van der Waals surface area contributed by atoms with Crippen LogP contribution in [0.2, 0.25) is 0 Å². The number of carbonyl (C=O) groups excluding carboxylic acids is 1. The molecule has 1 amide bonds. The molecule has 0 fully saturated rings. The lowest BCUT2D eigenvalue weighted by Crippen LogP contribution is -2.24. The molecule has 2 heterocycles. The number of nitrogens with zero attached hydrogens (tertiary/aromatic N) is 5. The maximum atomic E-state index is 12.3. The van der Waals surface area contributed by atoms with E-state index in [1.54, 1.807) is 17.1 Å². The van der Waals surface area contributed by atoms with Crippen LogP contribution in [0.4, 0.5) is 11.4 Å². The van der Waals surface area contributed by atoms with E-state index < -0.39 is 22.0 Å². The topological polar surface area (TPSA) is 129 Å². The van der Waals surface area contributed by atoms with Gasteiger partial charge in [0.2, 0.25) is 0 Å². The van der Waals surface area contributed by atoms with Crippen LogP contribution < -0.4 is 4.90 Å². The minimum atomic E-state index is -1.07. The first-order valence-electron chi connectivity index (χ1n) is 10.1. The molecule has 2 aromatic carbocycles. The fraction of sp³-hybridized carbons (Fsp3) is 0.273. The van der Waals surface area contributed by atoms with Gasteiger partial charge in [0.15, 0.2) is 5.17 Å². The maximum Gasteiger partial charge on any atom is 0.305 e. The Morgan fingerprint density at radius 3 is 2.45 bits per heavy atom. The molecular weight excluding hydrogens is 446 g/mol. The van der Waals surface area contributed by atoms with Gasteiger partial charge in [0.25, 0.3) is 11.6 Å². The van der Waals surface area contributed by atoms with Gasteiger partial charge in [-0.2, -0.15) is 10.1 Å². The lowest BCUT2D eigenvalue weighted by Gasteiger charge is -2.23. The Bertz CT molecular complexity index is 1160. The number of amidine groups is 1. The summed E-state index contributed by atoms with van der Waals surface area (Å²) in [6, 6.07) is 13.8. The second-order valence-corrected chi connectivity index (χ2v) is 9.01. The lowest BCUT2D eigenvalue weighted by molar-refractivity contribution is -0.384. The number of thioether (sulfide) groups is 1. The first-order valence-corrected chi connectivity index (χ1v) is 11.0. The average molecular weight is 468 g/mol. The van der Waals surface area contributed by atoms with E-state index >= 15 is 0 Å². The van der Waals surface area contributed by atoms with Crippen molar-refractivity contribution in [2.75, 3.05) is 19.0 Å². The van der Waals surface area contributed by atoms with Crippen molar-refractivity contribution in [1.29, 1.82) is 0 Å². The molecule has 0 spiro atoms. The highest BCUT2D eigenvalue weighted by molar-refractivity contribution is 8.15. The number of aliphatic carboxylic acids is 1. The zero-order valence-corrected chi connectivity index (χ0v) is 18.7. The number of aliphatic imine (C=N–C) groups is 1. The molecule has 0 bridgehead atoms. The lowest BCUT2D eigenvalue weighted by atomic mass is 9.98. The van der Waals surface area contributed by atoms with Crippen LogP contribution in [0.15, 0.2) is 58.6 Å². The largest absolute Gasteiger partial charge is 0.481 e. The van der Waals surface area contributed by atoms with E-state index in [-0.39, 0.29) is 18.2 Å². The average Bonchev–Trinajstić information content (AvgIpc) is 3.37. The smallest absolute Gasteiger partial charge is 0.305 e. The van der Waals surface area contributed by atoms with Crippen molar-refractivity contribution in [3.05, 3.63) is 69.8 Å². The van der Waals surface area contributed by atoms with E-state index in [4.69, 9.17) is 10.2 Å². The molecule has 2 unspecified atom stereocenters. The standard InChI is InChI=1S/C22H21N5O5S/c1-25(2)15-7-5-14(6-8-15)18-11-17(13-3-9-16(10-4-13)27(31)32)24-26(18)22-23-21(30)19(33-22)12-20(28)29/h3-10,18-19H,11-12H2,1-2H3,(H,28,29). The van der Waals surface area contributed by atoms with E-state index in [0.29, 0.717) is 17.3 Å². The highest BCUT2D eigenvalue weighted by Gasteiger charge is 2.39. The zero-order valence-electron chi connectivity index (χ0n) is 17.9. The fourth-order valence-corrected chi connectivity index (χ4v) is 4.71.